The van der Waals surface area contributed by atoms with Gasteiger partial charge in [-0.3, -0.25) is 9.59 Å². The van der Waals surface area contributed by atoms with Crippen LogP contribution in [0.4, 0.5) is 5.69 Å². The number of hydrogen-bond donors (Lipinski definition) is 2. The second-order valence-electron chi connectivity index (χ2n) is 5.65. The lowest BCUT2D eigenvalue weighted by Gasteiger charge is -2.07. The molecule has 0 saturated heterocycles. The van der Waals surface area contributed by atoms with Gasteiger partial charge >= 0.3 is 5.97 Å². The summed E-state index contributed by atoms with van der Waals surface area (Å²) in [5, 5.41) is 3.23. The van der Waals surface area contributed by atoms with Gasteiger partial charge < -0.3 is 15.0 Å². The zero-order valence-electron chi connectivity index (χ0n) is 14.1. The smallest absolute Gasteiger partial charge is 0.337 e. The second kappa shape index (κ2) is 7.60. The predicted octanol–water partition coefficient (Wildman–Crippen LogP) is 2.28. The molecule has 7 heteroatoms. The van der Waals surface area contributed by atoms with Crippen LogP contribution in [0.3, 0.4) is 0 Å². The lowest BCUT2D eigenvalue weighted by atomic mass is 10.2. The Morgan fingerprint density at radius 3 is 2.77 bits per heavy atom. The maximum Gasteiger partial charge on any atom is 0.337 e. The number of amides is 1. The largest absolute Gasteiger partial charge is 0.465 e. The van der Waals surface area contributed by atoms with Crippen molar-refractivity contribution in [1.29, 1.82) is 0 Å². The fourth-order valence-corrected chi connectivity index (χ4v) is 2.55. The quantitative estimate of drug-likeness (QED) is 0.687. The number of carbonyl (C=O) groups excluding carboxylic acids is 2. The van der Waals surface area contributed by atoms with Crippen LogP contribution in [0, 0.1) is 0 Å². The third-order valence-electron chi connectivity index (χ3n) is 3.82. The van der Waals surface area contributed by atoms with E-state index in [0.29, 0.717) is 34.4 Å². The van der Waals surface area contributed by atoms with Crippen molar-refractivity contribution in [1.82, 2.24) is 9.97 Å². The maximum atomic E-state index is 12.1. The van der Waals surface area contributed by atoms with E-state index in [1.54, 1.807) is 48.5 Å². The van der Waals surface area contributed by atoms with E-state index in [0.717, 1.165) is 0 Å². The van der Waals surface area contributed by atoms with Crippen molar-refractivity contribution in [3.8, 4) is 0 Å². The number of fused-ring (bicyclic) bond motifs is 1. The molecule has 1 aromatic heterocycles. The van der Waals surface area contributed by atoms with Gasteiger partial charge in [-0.25, -0.2) is 9.78 Å². The fourth-order valence-electron chi connectivity index (χ4n) is 2.55. The molecule has 0 aliphatic heterocycles. The van der Waals surface area contributed by atoms with Crippen LogP contribution in [-0.4, -0.2) is 29.0 Å². The lowest BCUT2D eigenvalue weighted by Crippen LogP contribution is -2.16. The Balaban J connectivity index is 1.66. The molecule has 2 aromatic carbocycles. The third-order valence-corrected chi connectivity index (χ3v) is 3.82. The number of H-pyrrole nitrogens is 1. The molecular formula is C19H17N3O4. The highest BCUT2D eigenvalue weighted by molar-refractivity contribution is 5.94. The van der Waals surface area contributed by atoms with Gasteiger partial charge in [-0.05, 0) is 30.3 Å². The minimum Gasteiger partial charge on any atom is -0.465 e. The molecule has 3 rings (SSSR count). The number of anilines is 1. The van der Waals surface area contributed by atoms with E-state index in [-0.39, 0.29) is 17.9 Å². The van der Waals surface area contributed by atoms with Gasteiger partial charge in [0.1, 0.15) is 5.82 Å². The van der Waals surface area contributed by atoms with Crippen molar-refractivity contribution >= 4 is 28.5 Å². The minimum absolute atomic E-state index is 0.143. The van der Waals surface area contributed by atoms with Crippen molar-refractivity contribution in [2.75, 3.05) is 12.4 Å². The number of hydrogen-bond acceptors (Lipinski definition) is 5. The van der Waals surface area contributed by atoms with Crippen molar-refractivity contribution in [3.05, 3.63) is 70.3 Å². The summed E-state index contributed by atoms with van der Waals surface area (Å²) >= 11 is 0. The number of aromatic nitrogens is 2. The molecule has 0 bridgehead atoms. The molecule has 3 aromatic rings. The zero-order valence-corrected chi connectivity index (χ0v) is 14.1. The van der Waals surface area contributed by atoms with Crippen LogP contribution < -0.4 is 10.9 Å². The molecule has 1 heterocycles. The molecule has 0 fully saturated rings. The van der Waals surface area contributed by atoms with E-state index in [1.165, 1.54) is 7.11 Å². The number of methoxy groups -OCH3 is 1. The summed E-state index contributed by atoms with van der Waals surface area (Å²) in [5.41, 5.74) is 1.22. The summed E-state index contributed by atoms with van der Waals surface area (Å²) < 4.78 is 4.65. The summed E-state index contributed by atoms with van der Waals surface area (Å²) in [7, 11) is 1.30. The van der Waals surface area contributed by atoms with Gasteiger partial charge in [-0.1, -0.05) is 18.2 Å². The van der Waals surface area contributed by atoms with E-state index in [9.17, 15) is 14.4 Å². The van der Waals surface area contributed by atoms with Gasteiger partial charge in [-0.15, -0.1) is 0 Å². The van der Waals surface area contributed by atoms with E-state index >= 15 is 0 Å². The van der Waals surface area contributed by atoms with Gasteiger partial charge in [0, 0.05) is 18.5 Å². The number of nitrogens with zero attached hydrogens (tertiary/aromatic N) is 1. The Morgan fingerprint density at radius 2 is 1.96 bits per heavy atom. The Labute approximate surface area is 149 Å². The van der Waals surface area contributed by atoms with Crippen LogP contribution in [0.2, 0.25) is 0 Å². The Morgan fingerprint density at radius 1 is 1.15 bits per heavy atom. The van der Waals surface area contributed by atoms with Gasteiger partial charge in [0.05, 0.1) is 23.6 Å². The van der Waals surface area contributed by atoms with Crippen LogP contribution in [0.25, 0.3) is 10.9 Å². The van der Waals surface area contributed by atoms with Crippen molar-refractivity contribution in [3.63, 3.8) is 0 Å². The van der Waals surface area contributed by atoms with Crippen LogP contribution in [0.15, 0.2) is 53.3 Å². The molecule has 1 amide bonds. The molecule has 0 radical (unpaired) electrons. The summed E-state index contributed by atoms with van der Waals surface area (Å²) in [4.78, 5) is 42.7. The number of esters is 1. The highest BCUT2D eigenvalue weighted by Gasteiger charge is 2.09. The topological polar surface area (TPSA) is 101 Å². The van der Waals surface area contributed by atoms with Crippen LogP contribution >= 0.6 is 0 Å². The van der Waals surface area contributed by atoms with Crippen molar-refractivity contribution in [2.24, 2.45) is 0 Å². The SMILES string of the molecule is COC(=O)c1cccc(NC(=O)CCc2nc3ccccc3c(=O)[nH]2)c1. The average Bonchev–Trinajstić information content (AvgIpc) is 2.66. The molecule has 2 N–H and O–H groups in total. The molecule has 0 spiro atoms. The van der Waals surface area contributed by atoms with Gasteiger partial charge in [0.15, 0.2) is 0 Å². The summed E-state index contributed by atoms with van der Waals surface area (Å²) in [5.74, 6) is -0.269. The number of para-hydroxylation sites is 1. The molecule has 26 heavy (non-hydrogen) atoms. The molecule has 0 aliphatic rings. The first kappa shape index (κ1) is 17.3. The second-order valence-corrected chi connectivity index (χ2v) is 5.65. The van der Waals surface area contributed by atoms with Crippen molar-refractivity contribution < 1.29 is 14.3 Å². The summed E-state index contributed by atoms with van der Waals surface area (Å²) in [6.45, 7) is 0. The maximum absolute atomic E-state index is 12.1. The summed E-state index contributed by atoms with van der Waals surface area (Å²) in [6, 6.07) is 13.5. The normalized spacial score (nSPS) is 10.5. The number of rotatable bonds is 5. The number of nitrogens with one attached hydrogen (secondary N) is 2. The van der Waals surface area contributed by atoms with Crippen LogP contribution in [0.5, 0.6) is 0 Å². The summed E-state index contributed by atoms with van der Waals surface area (Å²) in [6.07, 6.45) is 0.437. The highest BCUT2D eigenvalue weighted by atomic mass is 16.5. The number of carbonyl (C=O) groups is 2. The van der Waals surface area contributed by atoms with E-state index in [4.69, 9.17) is 0 Å². The Bertz CT molecular complexity index is 1030. The number of ether oxygens (including phenoxy) is 1. The van der Waals surface area contributed by atoms with Gasteiger partial charge in [0.2, 0.25) is 5.91 Å². The molecule has 0 saturated carbocycles. The standard InChI is InChI=1S/C19H17N3O4/c1-26-19(25)12-5-4-6-13(11-12)20-17(23)10-9-16-21-15-8-3-2-7-14(15)18(24)22-16/h2-8,11H,9-10H2,1H3,(H,20,23)(H,21,22,24). The number of aromatic amines is 1. The first-order chi connectivity index (χ1) is 12.6. The van der Waals surface area contributed by atoms with E-state index in [2.05, 4.69) is 20.0 Å². The third kappa shape index (κ3) is 3.94. The fraction of sp³-hybridized carbons (Fsp3) is 0.158. The average molecular weight is 351 g/mol. The van der Waals surface area contributed by atoms with Crippen LogP contribution in [-0.2, 0) is 16.0 Å². The molecule has 0 atom stereocenters. The number of aryl methyl sites for hydroxylation is 1. The molecule has 7 nitrogen and oxygen atoms in total. The first-order valence-corrected chi connectivity index (χ1v) is 8.03. The molecule has 132 valence electrons. The zero-order chi connectivity index (χ0) is 18.5. The van der Waals surface area contributed by atoms with E-state index in [1.807, 2.05) is 0 Å². The highest BCUT2D eigenvalue weighted by Crippen LogP contribution is 2.12. The Hall–Kier alpha value is -3.48. The monoisotopic (exact) mass is 351 g/mol. The van der Waals surface area contributed by atoms with Crippen LogP contribution in [0.1, 0.15) is 22.6 Å². The number of benzene rings is 2. The molecule has 0 unspecified atom stereocenters. The lowest BCUT2D eigenvalue weighted by molar-refractivity contribution is -0.116. The van der Waals surface area contributed by atoms with Crippen molar-refractivity contribution in [2.45, 2.75) is 12.8 Å². The van der Waals surface area contributed by atoms with Gasteiger partial charge in [0.25, 0.3) is 5.56 Å². The minimum atomic E-state index is -0.473. The predicted molar refractivity (Wildman–Crippen MR) is 97.1 cm³/mol. The Kier molecular flexibility index (Phi) is 5.07. The van der Waals surface area contributed by atoms with Gasteiger partial charge in [-0.2, -0.15) is 0 Å². The van der Waals surface area contributed by atoms with E-state index < -0.39 is 5.97 Å². The molecule has 0 aliphatic carbocycles. The molecular weight excluding hydrogens is 334 g/mol. The first-order valence-electron chi connectivity index (χ1n) is 8.03.